The second-order valence-electron chi connectivity index (χ2n) is 3.88. The van der Waals surface area contributed by atoms with Crippen LogP contribution in [0, 0.1) is 5.82 Å². The van der Waals surface area contributed by atoms with Crippen molar-refractivity contribution in [2.75, 3.05) is 0 Å². The molecule has 0 saturated carbocycles. The maximum atomic E-state index is 13.0. The van der Waals surface area contributed by atoms with Crippen LogP contribution in [0.3, 0.4) is 0 Å². The highest BCUT2D eigenvalue weighted by Crippen LogP contribution is 2.20. The van der Waals surface area contributed by atoms with Gasteiger partial charge in [-0.15, -0.1) is 0 Å². The van der Waals surface area contributed by atoms with Gasteiger partial charge in [0.05, 0.1) is 0 Å². The number of hydrogen-bond donors (Lipinski definition) is 1. The number of benzene rings is 2. The molecular weight excluding hydrogens is 253 g/mol. The Morgan fingerprint density at radius 1 is 1.17 bits per heavy atom. The van der Waals surface area contributed by atoms with E-state index in [9.17, 15) is 4.39 Å². The third kappa shape index (κ3) is 3.22. The molecule has 2 aromatic carbocycles. The topological polar surface area (TPSA) is 35.2 Å². The van der Waals surface area contributed by atoms with Gasteiger partial charge in [0.2, 0.25) is 0 Å². The van der Waals surface area contributed by atoms with Crippen molar-refractivity contribution in [3.05, 3.63) is 64.4 Å². The molecule has 0 spiro atoms. The smallest absolute Gasteiger partial charge is 0.126 e. The Hall–Kier alpha value is -1.58. The molecule has 0 radical (unpaired) electrons. The highest BCUT2D eigenvalue weighted by molar-refractivity contribution is 6.31. The van der Waals surface area contributed by atoms with Crippen molar-refractivity contribution in [1.29, 1.82) is 0 Å². The fraction of sp³-hybridized carbons (Fsp3) is 0.143. The summed E-state index contributed by atoms with van der Waals surface area (Å²) in [5.74, 6) is 0.158. The van der Waals surface area contributed by atoms with E-state index in [1.807, 2.05) is 18.2 Å². The third-order valence-electron chi connectivity index (χ3n) is 2.54. The fourth-order valence-electron chi connectivity index (χ4n) is 1.55. The molecule has 0 fully saturated rings. The monoisotopic (exact) mass is 265 g/mol. The molecule has 0 unspecified atom stereocenters. The lowest BCUT2D eigenvalue weighted by atomic mass is 10.1. The second kappa shape index (κ2) is 5.85. The molecule has 0 aromatic heterocycles. The van der Waals surface area contributed by atoms with Crippen LogP contribution in [0.25, 0.3) is 0 Å². The summed E-state index contributed by atoms with van der Waals surface area (Å²) in [6.07, 6.45) is 0. The molecule has 0 bridgehead atoms. The molecule has 0 saturated heterocycles. The molecule has 2 rings (SSSR count). The van der Waals surface area contributed by atoms with E-state index in [2.05, 4.69) is 0 Å². The third-order valence-corrected chi connectivity index (χ3v) is 2.90. The first-order valence-corrected chi connectivity index (χ1v) is 5.92. The van der Waals surface area contributed by atoms with Crippen LogP contribution in [0.4, 0.5) is 4.39 Å². The lowest BCUT2D eigenvalue weighted by Crippen LogP contribution is -2.00. The van der Waals surface area contributed by atoms with E-state index in [0.29, 0.717) is 23.9 Å². The quantitative estimate of drug-likeness (QED) is 0.918. The van der Waals surface area contributed by atoms with Crippen molar-refractivity contribution < 1.29 is 9.13 Å². The van der Waals surface area contributed by atoms with Crippen molar-refractivity contribution in [1.82, 2.24) is 0 Å². The predicted molar refractivity (Wildman–Crippen MR) is 70.1 cm³/mol. The Labute approximate surface area is 110 Å². The van der Waals surface area contributed by atoms with Crippen LogP contribution in [-0.2, 0) is 13.2 Å². The minimum Gasteiger partial charge on any atom is -0.489 e. The molecule has 4 heteroatoms. The molecule has 0 aliphatic heterocycles. The predicted octanol–water partition coefficient (Wildman–Crippen LogP) is 3.52. The van der Waals surface area contributed by atoms with Crippen molar-refractivity contribution in [2.24, 2.45) is 5.73 Å². The summed E-state index contributed by atoms with van der Waals surface area (Å²) in [6, 6.07) is 11.6. The SMILES string of the molecule is NCc1ccc(COc2cccc(F)c2)c(Cl)c1. The van der Waals surface area contributed by atoms with Gasteiger partial charge in [0.15, 0.2) is 0 Å². The number of nitrogens with two attached hydrogens (primary N) is 1. The highest BCUT2D eigenvalue weighted by atomic mass is 35.5. The van der Waals surface area contributed by atoms with Crippen LogP contribution in [0.2, 0.25) is 5.02 Å². The van der Waals surface area contributed by atoms with Crippen molar-refractivity contribution >= 4 is 11.6 Å². The minimum atomic E-state index is -0.322. The largest absolute Gasteiger partial charge is 0.489 e. The van der Waals surface area contributed by atoms with Gasteiger partial charge in [-0.3, -0.25) is 0 Å². The zero-order chi connectivity index (χ0) is 13.0. The molecule has 2 aromatic rings. The summed E-state index contributed by atoms with van der Waals surface area (Å²) in [7, 11) is 0. The van der Waals surface area contributed by atoms with Crippen LogP contribution in [-0.4, -0.2) is 0 Å². The Bertz CT molecular complexity index is 545. The van der Waals surface area contributed by atoms with E-state index in [1.54, 1.807) is 12.1 Å². The number of rotatable bonds is 4. The molecule has 0 aliphatic rings. The average Bonchev–Trinajstić information content (AvgIpc) is 2.37. The van der Waals surface area contributed by atoms with Crippen molar-refractivity contribution in [2.45, 2.75) is 13.2 Å². The van der Waals surface area contributed by atoms with E-state index in [-0.39, 0.29) is 5.82 Å². The van der Waals surface area contributed by atoms with E-state index in [0.717, 1.165) is 11.1 Å². The first-order valence-electron chi connectivity index (χ1n) is 5.55. The molecule has 0 amide bonds. The summed E-state index contributed by atoms with van der Waals surface area (Å²) in [5.41, 5.74) is 7.33. The van der Waals surface area contributed by atoms with Gasteiger partial charge in [0, 0.05) is 23.2 Å². The zero-order valence-corrected chi connectivity index (χ0v) is 10.5. The molecule has 18 heavy (non-hydrogen) atoms. The fourth-order valence-corrected chi connectivity index (χ4v) is 1.81. The van der Waals surface area contributed by atoms with Crippen molar-refractivity contribution in [3.8, 4) is 5.75 Å². The van der Waals surface area contributed by atoms with Crippen LogP contribution in [0.1, 0.15) is 11.1 Å². The highest BCUT2D eigenvalue weighted by Gasteiger charge is 2.03. The van der Waals surface area contributed by atoms with Gasteiger partial charge in [-0.25, -0.2) is 4.39 Å². The molecule has 0 atom stereocenters. The second-order valence-corrected chi connectivity index (χ2v) is 4.28. The Morgan fingerprint density at radius 2 is 2.00 bits per heavy atom. The normalized spacial score (nSPS) is 10.4. The van der Waals surface area contributed by atoms with Crippen LogP contribution in [0.15, 0.2) is 42.5 Å². The average molecular weight is 266 g/mol. The van der Waals surface area contributed by atoms with Crippen LogP contribution >= 0.6 is 11.6 Å². The lowest BCUT2D eigenvalue weighted by Gasteiger charge is -2.09. The number of ether oxygens (including phenoxy) is 1. The molecule has 94 valence electrons. The van der Waals surface area contributed by atoms with E-state index in [4.69, 9.17) is 22.1 Å². The van der Waals surface area contributed by atoms with Gasteiger partial charge in [0.1, 0.15) is 18.2 Å². The van der Waals surface area contributed by atoms with Crippen molar-refractivity contribution in [3.63, 3.8) is 0 Å². The first kappa shape index (κ1) is 12.9. The molecular formula is C14H13ClFNO. The Kier molecular flexibility index (Phi) is 4.18. The lowest BCUT2D eigenvalue weighted by molar-refractivity contribution is 0.304. The number of halogens is 2. The minimum absolute atomic E-state index is 0.299. The van der Waals surface area contributed by atoms with Gasteiger partial charge < -0.3 is 10.5 Å². The summed E-state index contributed by atoms with van der Waals surface area (Å²) in [6.45, 7) is 0.748. The maximum absolute atomic E-state index is 13.0. The van der Waals surface area contributed by atoms with E-state index < -0.39 is 0 Å². The van der Waals surface area contributed by atoms with Gasteiger partial charge in [-0.05, 0) is 23.8 Å². The molecule has 2 nitrogen and oxygen atoms in total. The Balaban J connectivity index is 2.06. The maximum Gasteiger partial charge on any atom is 0.126 e. The van der Waals surface area contributed by atoms with Crippen LogP contribution < -0.4 is 10.5 Å². The van der Waals surface area contributed by atoms with E-state index >= 15 is 0 Å². The standard InChI is InChI=1S/C14H13ClFNO/c15-14-6-10(8-17)4-5-11(14)9-18-13-3-1-2-12(16)7-13/h1-7H,8-9,17H2. The van der Waals surface area contributed by atoms with E-state index in [1.165, 1.54) is 12.1 Å². The zero-order valence-electron chi connectivity index (χ0n) is 9.70. The summed E-state index contributed by atoms with van der Waals surface area (Å²) in [4.78, 5) is 0. The van der Waals surface area contributed by atoms with Gasteiger partial charge >= 0.3 is 0 Å². The van der Waals surface area contributed by atoms with Gasteiger partial charge in [0.25, 0.3) is 0 Å². The Morgan fingerprint density at radius 3 is 2.67 bits per heavy atom. The first-order chi connectivity index (χ1) is 8.69. The van der Waals surface area contributed by atoms with Crippen LogP contribution in [0.5, 0.6) is 5.75 Å². The molecule has 0 aliphatic carbocycles. The molecule has 2 N–H and O–H groups in total. The summed E-state index contributed by atoms with van der Waals surface area (Å²) < 4.78 is 18.4. The number of hydrogen-bond acceptors (Lipinski definition) is 2. The summed E-state index contributed by atoms with van der Waals surface area (Å²) in [5, 5.41) is 0.606. The molecule has 0 heterocycles. The van der Waals surface area contributed by atoms with Gasteiger partial charge in [-0.2, -0.15) is 0 Å². The van der Waals surface area contributed by atoms with Gasteiger partial charge in [-0.1, -0.05) is 29.8 Å². The summed E-state index contributed by atoms with van der Waals surface area (Å²) >= 11 is 6.10.